The van der Waals surface area contributed by atoms with Crippen LogP contribution in [0.25, 0.3) is 0 Å². The Hall–Kier alpha value is -2.61. The van der Waals surface area contributed by atoms with Crippen molar-refractivity contribution in [3.63, 3.8) is 0 Å². The number of hydrogen-bond acceptors (Lipinski definition) is 4. The van der Waals surface area contributed by atoms with Crippen LogP contribution in [0.3, 0.4) is 0 Å². The summed E-state index contributed by atoms with van der Waals surface area (Å²) in [5.74, 6) is 0.177. The summed E-state index contributed by atoms with van der Waals surface area (Å²) in [6.07, 6.45) is 0. The lowest BCUT2D eigenvalue weighted by atomic mass is 10.2. The maximum Gasteiger partial charge on any atom is 0.238 e. The quantitative estimate of drug-likeness (QED) is 0.596. The zero-order chi connectivity index (χ0) is 20.1. The number of nitrogens with two attached hydrogens (primary N) is 1. The number of benzene rings is 3. The van der Waals surface area contributed by atoms with E-state index in [4.69, 9.17) is 21.5 Å². The van der Waals surface area contributed by atoms with E-state index in [-0.39, 0.29) is 11.5 Å². The third-order valence-electron chi connectivity index (χ3n) is 4.02. The predicted molar refractivity (Wildman–Crippen MR) is 107 cm³/mol. The fourth-order valence-electron chi connectivity index (χ4n) is 2.54. The molecule has 0 unspecified atom stereocenters. The number of halogens is 2. The number of anilines is 1. The molecule has 146 valence electrons. The Balaban J connectivity index is 1.62. The molecule has 0 aromatic heterocycles. The average molecular weight is 421 g/mol. The van der Waals surface area contributed by atoms with E-state index in [0.717, 1.165) is 11.3 Å². The number of ether oxygens (including phenoxy) is 1. The topological polar surface area (TPSA) is 81.4 Å². The van der Waals surface area contributed by atoms with E-state index in [0.29, 0.717) is 22.9 Å². The molecule has 3 N–H and O–H groups in total. The zero-order valence-corrected chi connectivity index (χ0v) is 16.3. The van der Waals surface area contributed by atoms with Crippen molar-refractivity contribution >= 4 is 27.3 Å². The van der Waals surface area contributed by atoms with Gasteiger partial charge < -0.3 is 10.1 Å². The first-order valence-electron chi connectivity index (χ1n) is 8.34. The maximum absolute atomic E-state index is 13.8. The van der Waals surface area contributed by atoms with Crippen LogP contribution in [0.5, 0.6) is 5.75 Å². The molecule has 0 fully saturated rings. The van der Waals surface area contributed by atoms with Gasteiger partial charge in [-0.3, -0.25) is 0 Å². The van der Waals surface area contributed by atoms with E-state index in [1.165, 1.54) is 18.2 Å². The standard InChI is InChI=1S/C20H18ClFN2O3S/c21-19-5-2-6-20(22)18(19)13-27-16-4-1-3-14(11-16)12-24-15-7-9-17(10-8-15)28(23,25)26/h1-11,24H,12-13H2,(H2,23,25,26). The minimum absolute atomic E-state index is 0.0252. The molecule has 3 aromatic carbocycles. The van der Waals surface area contributed by atoms with Crippen LogP contribution in [0.15, 0.2) is 71.6 Å². The average Bonchev–Trinajstić information content (AvgIpc) is 2.66. The van der Waals surface area contributed by atoms with Gasteiger partial charge in [-0.2, -0.15) is 0 Å². The fourth-order valence-corrected chi connectivity index (χ4v) is 3.27. The summed E-state index contributed by atoms with van der Waals surface area (Å²) < 4.78 is 42.0. The lowest BCUT2D eigenvalue weighted by Crippen LogP contribution is -2.12. The molecule has 0 saturated heterocycles. The third kappa shape index (κ3) is 5.22. The van der Waals surface area contributed by atoms with E-state index < -0.39 is 15.8 Å². The summed E-state index contributed by atoms with van der Waals surface area (Å²) in [6.45, 7) is 0.518. The summed E-state index contributed by atoms with van der Waals surface area (Å²) in [5, 5.41) is 8.59. The Morgan fingerprint density at radius 1 is 1.04 bits per heavy atom. The van der Waals surface area contributed by atoms with Crippen molar-refractivity contribution in [1.29, 1.82) is 0 Å². The minimum Gasteiger partial charge on any atom is -0.489 e. The first-order chi connectivity index (χ1) is 13.3. The van der Waals surface area contributed by atoms with Gasteiger partial charge in [0.1, 0.15) is 18.2 Å². The normalized spacial score (nSPS) is 11.2. The van der Waals surface area contributed by atoms with Gasteiger partial charge in [0.05, 0.1) is 9.92 Å². The molecule has 8 heteroatoms. The number of hydrogen-bond donors (Lipinski definition) is 2. The molecule has 0 aliphatic heterocycles. The van der Waals surface area contributed by atoms with Crippen LogP contribution in [0.4, 0.5) is 10.1 Å². The van der Waals surface area contributed by atoms with Crippen LogP contribution in [-0.4, -0.2) is 8.42 Å². The zero-order valence-electron chi connectivity index (χ0n) is 14.7. The monoisotopic (exact) mass is 420 g/mol. The Kier molecular flexibility index (Phi) is 6.18. The van der Waals surface area contributed by atoms with Gasteiger partial charge in [0.15, 0.2) is 0 Å². The van der Waals surface area contributed by atoms with E-state index in [1.54, 1.807) is 30.3 Å². The van der Waals surface area contributed by atoms with Gasteiger partial charge >= 0.3 is 0 Å². The molecule has 0 heterocycles. The Morgan fingerprint density at radius 3 is 2.43 bits per heavy atom. The van der Waals surface area contributed by atoms with Crippen LogP contribution >= 0.6 is 11.6 Å². The highest BCUT2D eigenvalue weighted by atomic mass is 35.5. The molecule has 3 rings (SSSR count). The largest absolute Gasteiger partial charge is 0.489 e. The molecular formula is C20H18ClFN2O3S. The number of nitrogens with one attached hydrogen (secondary N) is 1. The summed E-state index contributed by atoms with van der Waals surface area (Å²) in [7, 11) is -3.71. The highest BCUT2D eigenvalue weighted by molar-refractivity contribution is 7.89. The van der Waals surface area contributed by atoms with Crippen molar-refractivity contribution in [3.05, 3.63) is 88.7 Å². The molecule has 0 atom stereocenters. The van der Waals surface area contributed by atoms with Crippen molar-refractivity contribution < 1.29 is 17.5 Å². The second-order valence-electron chi connectivity index (χ2n) is 6.06. The molecular weight excluding hydrogens is 403 g/mol. The predicted octanol–water partition coefficient (Wildman–Crippen LogP) is 4.32. The van der Waals surface area contributed by atoms with E-state index in [2.05, 4.69) is 5.32 Å². The Labute approximate surface area is 168 Å². The van der Waals surface area contributed by atoms with Crippen LogP contribution < -0.4 is 15.2 Å². The van der Waals surface area contributed by atoms with Gasteiger partial charge in [0, 0.05) is 17.8 Å². The van der Waals surface area contributed by atoms with E-state index >= 15 is 0 Å². The smallest absolute Gasteiger partial charge is 0.238 e. The van der Waals surface area contributed by atoms with Crippen LogP contribution in [0, 0.1) is 5.82 Å². The fraction of sp³-hybridized carbons (Fsp3) is 0.100. The van der Waals surface area contributed by atoms with Gasteiger partial charge in [-0.15, -0.1) is 0 Å². The van der Waals surface area contributed by atoms with E-state index in [9.17, 15) is 12.8 Å². The lowest BCUT2D eigenvalue weighted by Gasteiger charge is -2.11. The van der Waals surface area contributed by atoms with Crippen LogP contribution in [0.2, 0.25) is 5.02 Å². The molecule has 0 spiro atoms. The molecule has 0 saturated carbocycles. The van der Waals surface area contributed by atoms with Gasteiger partial charge in [-0.25, -0.2) is 17.9 Å². The first-order valence-corrected chi connectivity index (χ1v) is 10.3. The molecule has 0 bridgehead atoms. The van der Waals surface area contributed by atoms with Gasteiger partial charge in [0.25, 0.3) is 0 Å². The van der Waals surface area contributed by atoms with Crippen molar-refractivity contribution in [3.8, 4) is 5.75 Å². The van der Waals surface area contributed by atoms with E-state index in [1.807, 2.05) is 18.2 Å². The van der Waals surface area contributed by atoms with Crippen LogP contribution in [0.1, 0.15) is 11.1 Å². The van der Waals surface area contributed by atoms with Crippen molar-refractivity contribution in [1.82, 2.24) is 0 Å². The Morgan fingerprint density at radius 2 is 1.75 bits per heavy atom. The maximum atomic E-state index is 13.8. The van der Waals surface area contributed by atoms with Crippen molar-refractivity contribution in [2.24, 2.45) is 5.14 Å². The Bertz CT molecular complexity index is 1050. The number of rotatable bonds is 7. The molecule has 28 heavy (non-hydrogen) atoms. The number of primary sulfonamides is 1. The molecule has 0 aliphatic rings. The second-order valence-corrected chi connectivity index (χ2v) is 8.03. The molecule has 0 aliphatic carbocycles. The van der Waals surface area contributed by atoms with Gasteiger partial charge in [0.2, 0.25) is 10.0 Å². The highest BCUT2D eigenvalue weighted by Crippen LogP contribution is 2.22. The lowest BCUT2D eigenvalue weighted by molar-refractivity contribution is 0.299. The van der Waals surface area contributed by atoms with Crippen molar-refractivity contribution in [2.45, 2.75) is 18.0 Å². The summed E-state index contributed by atoms with van der Waals surface area (Å²) >= 11 is 6.01. The number of sulfonamides is 1. The summed E-state index contributed by atoms with van der Waals surface area (Å²) in [6, 6.07) is 18.0. The third-order valence-corrected chi connectivity index (χ3v) is 5.31. The van der Waals surface area contributed by atoms with Gasteiger partial charge in [-0.1, -0.05) is 29.8 Å². The minimum atomic E-state index is -3.71. The summed E-state index contributed by atoms with van der Waals surface area (Å²) in [4.78, 5) is 0.0558. The molecule has 0 amide bonds. The summed E-state index contributed by atoms with van der Waals surface area (Å²) in [5.41, 5.74) is 1.99. The molecule has 3 aromatic rings. The van der Waals surface area contributed by atoms with Crippen molar-refractivity contribution in [2.75, 3.05) is 5.32 Å². The molecule has 5 nitrogen and oxygen atoms in total. The van der Waals surface area contributed by atoms with Crippen LogP contribution in [-0.2, 0) is 23.2 Å². The second kappa shape index (κ2) is 8.60. The highest BCUT2D eigenvalue weighted by Gasteiger charge is 2.08. The first kappa shape index (κ1) is 20.1. The SMILES string of the molecule is NS(=O)(=O)c1ccc(NCc2cccc(OCc3c(F)cccc3Cl)c2)cc1. The van der Waals surface area contributed by atoms with Gasteiger partial charge in [-0.05, 0) is 54.1 Å². The molecule has 0 radical (unpaired) electrons.